The SMILES string of the molecule is Cc1cccc(CCC(=O)N2CCN(C(=O)c3ccc(F)c(F)c3)CC2)c1. The van der Waals surface area contributed by atoms with Crippen LogP contribution in [0.1, 0.15) is 27.9 Å². The lowest BCUT2D eigenvalue weighted by molar-refractivity contribution is -0.132. The van der Waals surface area contributed by atoms with Gasteiger partial charge in [-0.15, -0.1) is 0 Å². The number of rotatable bonds is 4. The molecule has 3 rings (SSSR count). The van der Waals surface area contributed by atoms with Crippen molar-refractivity contribution in [3.8, 4) is 0 Å². The van der Waals surface area contributed by atoms with Gasteiger partial charge in [0, 0.05) is 38.2 Å². The monoisotopic (exact) mass is 372 g/mol. The molecule has 0 saturated carbocycles. The standard InChI is InChI=1S/C21H22F2N2O2/c1-15-3-2-4-16(13-15)5-8-20(26)24-9-11-25(12-10-24)21(27)17-6-7-18(22)19(23)14-17/h2-4,6-7,13-14H,5,8-12H2,1H3. The van der Waals surface area contributed by atoms with Gasteiger partial charge in [0.1, 0.15) is 0 Å². The molecular weight excluding hydrogens is 350 g/mol. The van der Waals surface area contributed by atoms with Crippen LogP contribution < -0.4 is 0 Å². The second-order valence-corrected chi connectivity index (χ2v) is 6.79. The third-order valence-corrected chi connectivity index (χ3v) is 4.80. The van der Waals surface area contributed by atoms with E-state index in [0.717, 1.165) is 17.7 Å². The fourth-order valence-corrected chi connectivity index (χ4v) is 3.25. The van der Waals surface area contributed by atoms with Crippen molar-refractivity contribution in [3.63, 3.8) is 0 Å². The first-order valence-corrected chi connectivity index (χ1v) is 9.01. The normalized spacial score (nSPS) is 14.3. The number of carbonyl (C=O) groups is 2. The number of hydrogen-bond acceptors (Lipinski definition) is 2. The third-order valence-electron chi connectivity index (χ3n) is 4.80. The smallest absolute Gasteiger partial charge is 0.254 e. The van der Waals surface area contributed by atoms with Crippen LogP contribution in [0.3, 0.4) is 0 Å². The number of hydrogen-bond donors (Lipinski definition) is 0. The van der Waals surface area contributed by atoms with Crippen LogP contribution in [0.15, 0.2) is 42.5 Å². The zero-order chi connectivity index (χ0) is 19.4. The van der Waals surface area contributed by atoms with Gasteiger partial charge in [-0.3, -0.25) is 9.59 Å². The summed E-state index contributed by atoms with van der Waals surface area (Å²) < 4.78 is 26.3. The highest BCUT2D eigenvalue weighted by atomic mass is 19.2. The number of aryl methyl sites for hydroxylation is 2. The quantitative estimate of drug-likeness (QED) is 0.827. The van der Waals surface area contributed by atoms with Gasteiger partial charge in [0.25, 0.3) is 5.91 Å². The van der Waals surface area contributed by atoms with E-state index in [1.807, 2.05) is 25.1 Å². The Morgan fingerprint density at radius 3 is 2.30 bits per heavy atom. The zero-order valence-corrected chi connectivity index (χ0v) is 15.3. The van der Waals surface area contributed by atoms with E-state index in [1.54, 1.807) is 9.80 Å². The Morgan fingerprint density at radius 2 is 1.63 bits per heavy atom. The lowest BCUT2D eigenvalue weighted by Crippen LogP contribution is -2.50. The Labute approximate surface area is 157 Å². The molecule has 142 valence electrons. The predicted octanol–water partition coefficient (Wildman–Crippen LogP) is 3.19. The van der Waals surface area contributed by atoms with E-state index in [1.165, 1.54) is 11.6 Å². The molecule has 0 atom stereocenters. The highest BCUT2D eigenvalue weighted by Gasteiger charge is 2.25. The Bertz CT molecular complexity index is 846. The van der Waals surface area contributed by atoms with Gasteiger partial charge in [-0.2, -0.15) is 0 Å². The molecule has 1 fully saturated rings. The molecule has 0 unspecified atom stereocenters. The first-order valence-electron chi connectivity index (χ1n) is 9.01. The summed E-state index contributed by atoms with van der Waals surface area (Å²) in [5.41, 5.74) is 2.42. The fourth-order valence-electron chi connectivity index (χ4n) is 3.25. The van der Waals surface area contributed by atoms with E-state index in [0.29, 0.717) is 39.0 Å². The molecule has 27 heavy (non-hydrogen) atoms. The molecule has 6 heteroatoms. The van der Waals surface area contributed by atoms with Crippen molar-refractivity contribution >= 4 is 11.8 Å². The van der Waals surface area contributed by atoms with Crippen LogP contribution in [-0.4, -0.2) is 47.8 Å². The Balaban J connectivity index is 1.51. The van der Waals surface area contributed by atoms with Gasteiger partial charge in [0.15, 0.2) is 11.6 Å². The topological polar surface area (TPSA) is 40.6 Å². The molecule has 0 aliphatic carbocycles. The van der Waals surface area contributed by atoms with Crippen molar-refractivity contribution in [2.24, 2.45) is 0 Å². The van der Waals surface area contributed by atoms with Crippen LogP contribution in [0, 0.1) is 18.6 Å². The van der Waals surface area contributed by atoms with E-state index in [4.69, 9.17) is 0 Å². The van der Waals surface area contributed by atoms with Gasteiger partial charge in [0.05, 0.1) is 0 Å². The van der Waals surface area contributed by atoms with E-state index < -0.39 is 11.6 Å². The summed E-state index contributed by atoms with van der Waals surface area (Å²) in [4.78, 5) is 28.2. The van der Waals surface area contributed by atoms with Gasteiger partial charge in [-0.05, 0) is 37.1 Å². The van der Waals surface area contributed by atoms with Gasteiger partial charge in [0.2, 0.25) is 5.91 Å². The minimum Gasteiger partial charge on any atom is -0.339 e. The second kappa shape index (κ2) is 8.29. The predicted molar refractivity (Wildman–Crippen MR) is 98.3 cm³/mol. The Kier molecular flexibility index (Phi) is 5.84. The van der Waals surface area contributed by atoms with Crippen molar-refractivity contribution in [2.75, 3.05) is 26.2 Å². The van der Waals surface area contributed by atoms with Crippen LogP contribution in [-0.2, 0) is 11.2 Å². The number of carbonyl (C=O) groups excluding carboxylic acids is 2. The van der Waals surface area contributed by atoms with E-state index in [2.05, 4.69) is 6.07 Å². The van der Waals surface area contributed by atoms with Gasteiger partial charge in [-0.25, -0.2) is 8.78 Å². The maximum Gasteiger partial charge on any atom is 0.254 e. The van der Waals surface area contributed by atoms with E-state index >= 15 is 0 Å². The van der Waals surface area contributed by atoms with Crippen molar-refractivity contribution in [1.82, 2.24) is 9.80 Å². The minimum absolute atomic E-state index is 0.0661. The molecule has 1 saturated heterocycles. The molecule has 0 radical (unpaired) electrons. The summed E-state index contributed by atoms with van der Waals surface area (Å²) in [5, 5.41) is 0. The van der Waals surface area contributed by atoms with Crippen LogP contribution in [0.5, 0.6) is 0 Å². The molecule has 1 heterocycles. The fraction of sp³-hybridized carbons (Fsp3) is 0.333. The number of nitrogens with zero attached hydrogens (tertiary/aromatic N) is 2. The highest BCUT2D eigenvalue weighted by Crippen LogP contribution is 2.14. The lowest BCUT2D eigenvalue weighted by atomic mass is 10.1. The molecule has 0 spiro atoms. The van der Waals surface area contributed by atoms with Crippen LogP contribution in [0.25, 0.3) is 0 Å². The summed E-state index contributed by atoms with van der Waals surface area (Å²) in [7, 11) is 0. The minimum atomic E-state index is -1.04. The molecule has 1 aliphatic rings. The number of amides is 2. The van der Waals surface area contributed by atoms with Gasteiger partial charge >= 0.3 is 0 Å². The average Bonchev–Trinajstić information content (AvgIpc) is 2.68. The summed E-state index contributed by atoms with van der Waals surface area (Å²) in [5.74, 6) is -2.29. The molecule has 0 bridgehead atoms. The summed E-state index contributed by atoms with van der Waals surface area (Å²) >= 11 is 0. The van der Waals surface area contributed by atoms with E-state index in [9.17, 15) is 18.4 Å². The molecule has 2 aromatic carbocycles. The molecule has 2 aromatic rings. The third kappa shape index (κ3) is 4.70. The van der Waals surface area contributed by atoms with Crippen molar-refractivity contribution in [1.29, 1.82) is 0 Å². The number of piperazine rings is 1. The maximum atomic E-state index is 13.3. The average molecular weight is 372 g/mol. The zero-order valence-electron chi connectivity index (χ0n) is 15.3. The van der Waals surface area contributed by atoms with E-state index in [-0.39, 0.29) is 17.4 Å². The second-order valence-electron chi connectivity index (χ2n) is 6.79. The number of benzene rings is 2. The van der Waals surface area contributed by atoms with Gasteiger partial charge in [-0.1, -0.05) is 29.8 Å². The van der Waals surface area contributed by atoms with Gasteiger partial charge < -0.3 is 9.80 Å². The maximum absolute atomic E-state index is 13.3. The molecule has 0 aromatic heterocycles. The first-order chi connectivity index (χ1) is 12.9. The van der Waals surface area contributed by atoms with Crippen molar-refractivity contribution in [3.05, 3.63) is 70.8 Å². The first kappa shape index (κ1) is 19.0. The molecule has 4 nitrogen and oxygen atoms in total. The largest absolute Gasteiger partial charge is 0.339 e. The Hall–Kier alpha value is -2.76. The molecular formula is C21H22F2N2O2. The van der Waals surface area contributed by atoms with Crippen LogP contribution in [0.2, 0.25) is 0 Å². The lowest BCUT2D eigenvalue weighted by Gasteiger charge is -2.35. The van der Waals surface area contributed by atoms with Crippen molar-refractivity contribution in [2.45, 2.75) is 19.8 Å². The number of halogens is 2. The Morgan fingerprint density at radius 1 is 0.926 bits per heavy atom. The van der Waals surface area contributed by atoms with Crippen LogP contribution in [0.4, 0.5) is 8.78 Å². The summed E-state index contributed by atoms with van der Waals surface area (Å²) in [6.07, 6.45) is 1.12. The van der Waals surface area contributed by atoms with Crippen molar-refractivity contribution < 1.29 is 18.4 Å². The summed E-state index contributed by atoms with van der Waals surface area (Å²) in [6, 6.07) is 11.2. The highest BCUT2D eigenvalue weighted by molar-refractivity contribution is 5.94. The molecule has 1 aliphatic heterocycles. The molecule has 0 N–H and O–H groups in total. The molecule has 2 amide bonds. The van der Waals surface area contributed by atoms with Crippen LogP contribution >= 0.6 is 0 Å². The summed E-state index contributed by atoms with van der Waals surface area (Å²) in [6.45, 7) is 3.68.